The van der Waals surface area contributed by atoms with Gasteiger partial charge >= 0.3 is 6.03 Å². The summed E-state index contributed by atoms with van der Waals surface area (Å²) in [5, 5.41) is 7.88. The van der Waals surface area contributed by atoms with Gasteiger partial charge in [0.05, 0.1) is 17.9 Å². The van der Waals surface area contributed by atoms with E-state index in [9.17, 15) is 19.2 Å². The third-order valence-electron chi connectivity index (χ3n) is 4.62. The molecule has 0 bridgehead atoms. The highest BCUT2D eigenvalue weighted by atomic mass is 16.5. The van der Waals surface area contributed by atoms with Gasteiger partial charge in [0, 0.05) is 5.69 Å². The van der Waals surface area contributed by atoms with E-state index >= 15 is 0 Å². The van der Waals surface area contributed by atoms with E-state index in [1.807, 2.05) is 6.92 Å². The van der Waals surface area contributed by atoms with Crippen LogP contribution in [-0.2, 0) is 9.59 Å². The molecular weight excluding hydrogens is 400 g/mol. The Bertz CT molecular complexity index is 1020. The van der Waals surface area contributed by atoms with Crippen molar-refractivity contribution >= 4 is 35.1 Å². The zero-order chi connectivity index (χ0) is 22.6. The summed E-state index contributed by atoms with van der Waals surface area (Å²) in [6.07, 6.45) is 0. The fourth-order valence-electron chi connectivity index (χ4n) is 3.08. The van der Waals surface area contributed by atoms with Crippen LogP contribution in [0.4, 0.5) is 16.2 Å². The first kappa shape index (κ1) is 21.8. The number of imide groups is 1. The summed E-state index contributed by atoms with van der Waals surface area (Å²) < 4.78 is 5.38. The number of benzene rings is 2. The Hall–Kier alpha value is -3.88. The fraction of sp³-hybridized carbons (Fsp3) is 0.273. The number of urea groups is 1. The van der Waals surface area contributed by atoms with Crippen molar-refractivity contribution in [3.63, 3.8) is 0 Å². The first-order valence-electron chi connectivity index (χ1n) is 9.78. The predicted molar refractivity (Wildman–Crippen MR) is 115 cm³/mol. The van der Waals surface area contributed by atoms with Gasteiger partial charge in [0.15, 0.2) is 0 Å². The Morgan fingerprint density at radius 1 is 1.03 bits per heavy atom. The first-order chi connectivity index (χ1) is 14.7. The molecule has 3 rings (SSSR count). The van der Waals surface area contributed by atoms with E-state index in [1.165, 1.54) is 0 Å². The lowest BCUT2D eigenvalue weighted by atomic mass is 10.1. The third kappa shape index (κ3) is 5.00. The van der Waals surface area contributed by atoms with E-state index in [-0.39, 0.29) is 11.3 Å². The van der Waals surface area contributed by atoms with Gasteiger partial charge in [-0.25, -0.2) is 4.79 Å². The predicted octanol–water partition coefficient (Wildman–Crippen LogP) is 2.61. The number of hydrogen-bond donors (Lipinski definition) is 3. The Morgan fingerprint density at radius 3 is 2.32 bits per heavy atom. The number of anilines is 2. The van der Waals surface area contributed by atoms with Crippen molar-refractivity contribution < 1.29 is 23.9 Å². The normalized spacial score (nSPS) is 14.7. The van der Waals surface area contributed by atoms with Crippen LogP contribution in [0.3, 0.4) is 0 Å². The summed E-state index contributed by atoms with van der Waals surface area (Å²) in [5.74, 6) is -0.815. The number of hydrogen-bond acceptors (Lipinski definition) is 5. The number of nitrogens with zero attached hydrogens (tertiary/aromatic N) is 1. The summed E-state index contributed by atoms with van der Waals surface area (Å²) in [5.41, 5.74) is 0.00743. The van der Waals surface area contributed by atoms with Gasteiger partial charge in [0.2, 0.25) is 5.91 Å². The molecule has 1 fully saturated rings. The molecule has 0 spiro atoms. The standard InChI is InChI=1S/C22H24N4O5/c1-4-31-15-11-9-14(10-12-15)23-19(28)16-7-5-6-8-17(16)24-18(27)13-26-20(29)22(2,3)25-21(26)30/h5-12H,4,13H2,1-3H3,(H,23,28)(H,24,27)(H,25,30). The van der Waals surface area contributed by atoms with Crippen molar-refractivity contribution in [2.75, 3.05) is 23.8 Å². The second-order valence-electron chi connectivity index (χ2n) is 7.45. The van der Waals surface area contributed by atoms with Gasteiger partial charge in [-0.3, -0.25) is 19.3 Å². The van der Waals surface area contributed by atoms with E-state index in [0.29, 0.717) is 18.0 Å². The highest BCUT2D eigenvalue weighted by Crippen LogP contribution is 2.21. The van der Waals surface area contributed by atoms with Crippen molar-refractivity contribution in [3.8, 4) is 5.75 Å². The average molecular weight is 424 g/mol. The smallest absolute Gasteiger partial charge is 0.325 e. The molecule has 5 amide bonds. The zero-order valence-corrected chi connectivity index (χ0v) is 17.5. The van der Waals surface area contributed by atoms with Crippen molar-refractivity contribution in [1.82, 2.24) is 10.2 Å². The SMILES string of the molecule is CCOc1ccc(NC(=O)c2ccccc2NC(=O)CN2C(=O)NC(C)(C)C2=O)cc1. The van der Waals surface area contributed by atoms with E-state index in [2.05, 4.69) is 16.0 Å². The minimum atomic E-state index is -1.06. The summed E-state index contributed by atoms with van der Waals surface area (Å²) in [4.78, 5) is 50.3. The molecule has 3 N–H and O–H groups in total. The molecule has 0 aromatic heterocycles. The van der Waals surface area contributed by atoms with Crippen LogP contribution in [0.5, 0.6) is 5.75 Å². The molecule has 1 heterocycles. The molecule has 31 heavy (non-hydrogen) atoms. The molecule has 9 heteroatoms. The van der Waals surface area contributed by atoms with Crippen LogP contribution in [0.15, 0.2) is 48.5 Å². The van der Waals surface area contributed by atoms with Crippen LogP contribution in [0, 0.1) is 0 Å². The van der Waals surface area contributed by atoms with Crippen LogP contribution in [-0.4, -0.2) is 47.3 Å². The molecule has 1 aliphatic heterocycles. The zero-order valence-electron chi connectivity index (χ0n) is 17.5. The van der Waals surface area contributed by atoms with Gasteiger partial charge in [-0.15, -0.1) is 0 Å². The van der Waals surface area contributed by atoms with Gasteiger partial charge in [-0.1, -0.05) is 12.1 Å². The lowest BCUT2D eigenvalue weighted by molar-refractivity contribution is -0.132. The lowest BCUT2D eigenvalue weighted by Gasteiger charge is -2.16. The second-order valence-corrected chi connectivity index (χ2v) is 7.45. The van der Waals surface area contributed by atoms with Gasteiger partial charge < -0.3 is 20.7 Å². The molecule has 2 aromatic rings. The number of carbonyl (C=O) groups excluding carboxylic acids is 4. The Morgan fingerprint density at radius 2 is 1.71 bits per heavy atom. The van der Waals surface area contributed by atoms with Crippen LogP contribution < -0.4 is 20.7 Å². The monoisotopic (exact) mass is 424 g/mol. The van der Waals surface area contributed by atoms with Gasteiger partial charge in [0.25, 0.3) is 11.8 Å². The largest absolute Gasteiger partial charge is 0.494 e. The molecule has 0 aliphatic carbocycles. The topological polar surface area (TPSA) is 117 Å². The average Bonchev–Trinajstić information content (AvgIpc) is 2.91. The maximum Gasteiger partial charge on any atom is 0.325 e. The number of rotatable bonds is 7. The molecule has 1 saturated heterocycles. The van der Waals surface area contributed by atoms with E-state index < -0.39 is 35.8 Å². The van der Waals surface area contributed by atoms with Crippen LogP contribution in [0.1, 0.15) is 31.1 Å². The number of nitrogens with one attached hydrogen (secondary N) is 3. The Kier molecular flexibility index (Phi) is 6.24. The highest BCUT2D eigenvalue weighted by Gasteiger charge is 2.44. The van der Waals surface area contributed by atoms with Crippen molar-refractivity contribution in [2.45, 2.75) is 26.3 Å². The molecule has 162 valence electrons. The van der Waals surface area contributed by atoms with Gasteiger partial charge in [0.1, 0.15) is 17.8 Å². The molecule has 1 aliphatic rings. The molecular formula is C22H24N4O5. The van der Waals surface area contributed by atoms with Crippen molar-refractivity contribution in [2.24, 2.45) is 0 Å². The Labute approximate surface area is 179 Å². The summed E-state index contributed by atoms with van der Waals surface area (Å²) in [6.45, 7) is 5.09. The molecule has 0 unspecified atom stereocenters. The summed E-state index contributed by atoms with van der Waals surface area (Å²) >= 11 is 0. The number of para-hydroxylation sites is 1. The number of carbonyl (C=O) groups is 4. The third-order valence-corrected chi connectivity index (χ3v) is 4.62. The minimum Gasteiger partial charge on any atom is -0.494 e. The molecule has 9 nitrogen and oxygen atoms in total. The van der Waals surface area contributed by atoms with Crippen LogP contribution in [0.25, 0.3) is 0 Å². The van der Waals surface area contributed by atoms with E-state index in [1.54, 1.807) is 62.4 Å². The molecule has 0 saturated carbocycles. The number of ether oxygens (including phenoxy) is 1. The maximum atomic E-state index is 12.7. The summed E-state index contributed by atoms with van der Waals surface area (Å²) in [6, 6.07) is 12.7. The summed E-state index contributed by atoms with van der Waals surface area (Å²) in [7, 11) is 0. The van der Waals surface area contributed by atoms with Crippen LogP contribution >= 0.6 is 0 Å². The Balaban J connectivity index is 1.68. The van der Waals surface area contributed by atoms with Crippen molar-refractivity contribution in [1.29, 1.82) is 0 Å². The van der Waals surface area contributed by atoms with E-state index in [4.69, 9.17) is 4.74 Å². The molecule has 0 atom stereocenters. The van der Waals surface area contributed by atoms with Crippen molar-refractivity contribution in [3.05, 3.63) is 54.1 Å². The fourth-order valence-corrected chi connectivity index (χ4v) is 3.08. The first-order valence-corrected chi connectivity index (χ1v) is 9.78. The molecule has 0 radical (unpaired) electrons. The highest BCUT2D eigenvalue weighted by molar-refractivity contribution is 6.12. The van der Waals surface area contributed by atoms with E-state index in [0.717, 1.165) is 4.90 Å². The van der Waals surface area contributed by atoms with Gasteiger partial charge in [-0.05, 0) is 57.2 Å². The minimum absolute atomic E-state index is 0.238. The second kappa shape index (κ2) is 8.86. The van der Waals surface area contributed by atoms with Crippen LogP contribution in [0.2, 0.25) is 0 Å². The quantitative estimate of drug-likeness (QED) is 0.591. The maximum absolute atomic E-state index is 12.7. The lowest BCUT2D eigenvalue weighted by Crippen LogP contribution is -2.41. The molecule has 2 aromatic carbocycles. The van der Waals surface area contributed by atoms with Gasteiger partial charge in [-0.2, -0.15) is 0 Å². The number of amides is 5.